The molecule has 0 aliphatic carbocycles. The SMILES string of the molecule is C[C@H](O)c1ccc2c(c1)OCCOCC[NH+](C)CCOCCO2. The van der Waals surface area contributed by atoms with Crippen molar-refractivity contribution >= 4 is 0 Å². The number of aliphatic hydroxyl groups excluding tert-OH is 1. The lowest BCUT2D eigenvalue weighted by molar-refractivity contribution is -0.880. The van der Waals surface area contributed by atoms with Crippen LogP contribution in [0.1, 0.15) is 18.6 Å². The van der Waals surface area contributed by atoms with E-state index < -0.39 is 6.10 Å². The number of fused-ring (bicyclic) bond motifs is 1. The van der Waals surface area contributed by atoms with E-state index in [0.29, 0.717) is 51.1 Å². The summed E-state index contributed by atoms with van der Waals surface area (Å²) in [5.41, 5.74) is 0.799. The van der Waals surface area contributed by atoms with E-state index in [-0.39, 0.29) is 0 Å². The van der Waals surface area contributed by atoms with Gasteiger partial charge in [-0.1, -0.05) is 6.07 Å². The molecule has 0 spiro atoms. The maximum absolute atomic E-state index is 9.72. The summed E-state index contributed by atoms with van der Waals surface area (Å²) in [4.78, 5) is 1.38. The van der Waals surface area contributed by atoms with Gasteiger partial charge < -0.3 is 29.0 Å². The van der Waals surface area contributed by atoms with E-state index in [4.69, 9.17) is 18.9 Å². The Kier molecular flexibility index (Phi) is 7.61. The molecule has 2 rings (SSSR count). The van der Waals surface area contributed by atoms with Gasteiger partial charge in [0.15, 0.2) is 11.5 Å². The molecule has 0 aromatic heterocycles. The summed E-state index contributed by atoms with van der Waals surface area (Å²) < 4.78 is 22.7. The van der Waals surface area contributed by atoms with Gasteiger partial charge in [-0.25, -0.2) is 0 Å². The third-order valence-corrected chi connectivity index (χ3v) is 3.77. The van der Waals surface area contributed by atoms with Crippen molar-refractivity contribution in [1.29, 1.82) is 0 Å². The largest absolute Gasteiger partial charge is 0.487 e. The molecule has 1 aromatic rings. The van der Waals surface area contributed by atoms with Crippen LogP contribution in [0.5, 0.6) is 11.5 Å². The zero-order chi connectivity index (χ0) is 16.5. The summed E-state index contributed by atoms with van der Waals surface area (Å²) in [5.74, 6) is 1.29. The molecule has 1 unspecified atom stereocenters. The molecule has 1 aromatic carbocycles. The molecule has 0 amide bonds. The van der Waals surface area contributed by atoms with Gasteiger partial charge in [-0.3, -0.25) is 0 Å². The van der Waals surface area contributed by atoms with Crippen molar-refractivity contribution in [3.8, 4) is 11.5 Å². The van der Waals surface area contributed by atoms with Crippen LogP contribution in [0.15, 0.2) is 18.2 Å². The lowest BCUT2D eigenvalue weighted by atomic mass is 10.1. The van der Waals surface area contributed by atoms with E-state index in [1.54, 1.807) is 6.92 Å². The van der Waals surface area contributed by atoms with Crippen LogP contribution in [0.4, 0.5) is 0 Å². The Labute approximate surface area is 137 Å². The van der Waals surface area contributed by atoms with Crippen LogP contribution in [0.3, 0.4) is 0 Å². The molecule has 1 aliphatic rings. The molecule has 2 N–H and O–H groups in total. The van der Waals surface area contributed by atoms with Gasteiger partial charge in [0.1, 0.15) is 26.3 Å². The molecule has 1 aliphatic heterocycles. The summed E-state index contributed by atoms with van der Waals surface area (Å²) in [6.45, 7) is 7.03. The molecule has 0 radical (unpaired) electrons. The summed E-state index contributed by atoms with van der Waals surface area (Å²) in [6.07, 6.45) is -0.543. The maximum atomic E-state index is 9.72. The highest BCUT2D eigenvalue weighted by atomic mass is 16.6. The molecule has 6 heteroatoms. The van der Waals surface area contributed by atoms with Crippen LogP contribution in [0.25, 0.3) is 0 Å². The van der Waals surface area contributed by atoms with Crippen molar-refractivity contribution in [2.75, 3.05) is 59.8 Å². The van der Waals surface area contributed by atoms with Crippen molar-refractivity contribution < 1.29 is 29.0 Å². The monoisotopic (exact) mass is 326 g/mol. The van der Waals surface area contributed by atoms with Crippen LogP contribution in [0.2, 0.25) is 0 Å². The summed E-state index contributed by atoms with van der Waals surface area (Å²) in [7, 11) is 2.13. The molecule has 2 atom stereocenters. The van der Waals surface area contributed by atoms with Crippen molar-refractivity contribution in [3.63, 3.8) is 0 Å². The molecule has 0 saturated heterocycles. The van der Waals surface area contributed by atoms with Crippen molar-refractivity contribution in [3.05, 3.63) is 23.8 Å². The summed E-state index contributed by atoms with van der Waals surface area (Å²) in [5, 5.41) is 9.72. The lowest BCUT2D eigenvalue weighted by Crippen LogP contribution is -3.10. The fraction of sp³-hybridized carbons (Fsp3) is 0.647. The van der Waals surface area contributed by atoms with E-state index in [1.807, 2.05) is 18.2 Å². The van der Waals surface area contributed by atoms with Crippen LogP contribution in [-0.2, 0) is 9.47 Å². The number of ether oxygens (including phenoxy) is 4. The smallest absolute Gasteiger partial charge is 0.161 e. The molecular formula is C17H28NO5+. The number of likely N-dealkylation sites (N-methyl/N-ethyl adjacent to an activating group) is 1. The molecule has 0 saturated carbocycles. The fourth-order valence-electron chi connectivity index (χ4n) is 2.26. The second kappa shape index (κ2) is 9.72. The van der Waals surface area contributed by atoms with Gasteiger partial charge in [0, 0.05) is 0 Å². The first kappa shape index (κ1) is 18.0. The Morgan fingerprint density at radius 1 is 0.913 bits per heavy atom. The number of nitrogens with one attached hydrogen (secondary N) is 1. The average Bonchev–Trinajstić information content (AvgIpc) is 2.54. The van der Waals surface area contributed by atoms with Gasteiger partial charge in [0.2, 0.25) is 0 Å². The second-order valence-electron chi connectivity index (χ2n) is 5.76. The minimum atomic E-state index is -0.543. The highest BCUT2D eigenvalue weighted by molar-refractivity contribution is 5.43. The number of rotatable bonds is 1. The third kappa shape index (κ3) is 6.35. The minimum absolute atomic E-state index is 0.454. The van der Waals surface area contributed by atoms with Crippen molar-refractivity contribution in [1.82, 2.24) is 0 Å². The summed E-state index contributed by atoms with van der Waals surface area (Å²) in [6, 6.07) is 5.49. The highest BCUT2D eigenvalue weighted by Gasteiger charge is 2.11. The van der Waals surface area contributed by atoms with Gasteiger partial charge in [0.05, 0.1) is 39.6 Å². The molecule has 1 heterocycles. The standard InChI is InChI=1S/C17H27NO5/c1-14(19)15-3-4-16-17(13-15)23-12-10-21-8-6-18(2)5-7-20-9-11-22-16/h3-4,13-14,19H,5-12H2,1-2H3/p+1/t14-/m0/s1. The topological polar surface area (TPSA) is 61.6 Å². The molecular weight excluding hydrogens is 298 g/mol. The Bertz CT molecular complexity index is 466. The van der Waals surface area contributed by atoms with Gasteiger partial charge >= 0.3 is 0 Å². The van der Waals surface area contributed by atoms with E-state index in [9.17, 15) is 5.11 Å². The zero-order valence-electron chi connectivity index (χ0n) is 14.0. The van der Waals surface area contributed by atoms with E-state index >= 15 is 0 Å². The Morgan fingerprint density at radius 3 is 2.13 bits per heavy atom. The molecule has 0 fully saturated rings. The van der Waals surface area contributed by atoms with Crippen molar-refractivity contribution in [2.24, 2.45) is 0 Å². The first-order chi connectivity index (χ1) is 11.2. The van der Waals surface area contributed by atoms with E-state index in [1.165, 1.54) is 4.90 Å². The highest BCUT2D eigenvalue weighted by Crippen LogP contribution is 2.30. The predicted octanol–water partition coefficient (Wildman–Crippen LogP) is 0.0590. The average molecular weight is 326 g/mol. The van der Waals surface area contributed by atoms with Crippen LogP contribution in [-0.4, -0.2) is 64.9 Å². The number of benzene rings is 1. The van der Waals surface area contributed by atoms with Crippen LogP contribution in [0, 0.1) is 0 Å². The fourth-order valence-corrected chi connectivity index (χ4v) is 2.26. The predicted molar refractivity (Wildman–Crippen MR) is 86.3 cm³/mol. The minimum Gasteiger partial charge on any atom is -0.487 e. The normalized spacial score (nSPS) is 22.7. The van der Waals surface area contributed by atoms with Gasteiger partial charge in [-0.05, 0) is 24.6 Å². The number of hydrogen-bond donors (Lipinski definition) is 2. The molecule has 0 bridgehead atoms. The molecule has 23 heavy (non-hydrogen) atoms. The Morgan fingerprint density at radius 2 is 1.52 bits per heavy atom. The quantitative estimate of drug-likeness (QED) is 0.764. The maximum Gasteiger partial charge on any atom is 0.161 e. The first-order valence-corrected chi connectivity index (χ1v) is 8.21. The molecule has 130 valence electrons. The Balaban J connectivity index is 2.00. The number of aliphatic hydroxyl groups is 1. The molecule has 6 nitrogen and oxygen atoms in total. The van der Waals surface area contributed by atoms with Crippen LogP contribution >= 0.6 is 0 Å². The van der Waals surface area contributed by atoms with Crippen LogP contribution < -0.4 is 14.4 Å². The first-order valence-electron chi connectivity index (χ1n) is 8.21. The van der Waals surface area contributed by atoms with E-state index in [2.05, 4.69) is 7.05 Å². The zero-order valence-corrected chi connectivity index (χ0v) is 14.0. The van der Waals surface area contributed by atoms with Gasteiger partial charge in [-0.15, -0.1) is 0 Å². The third-order valence-electron chi connectivity index (χ3n) is 3.77. The van der Waals surface area contributed by atoms with Gasteiger partial charge in [-0.2, -0.15) is 0 Å². The van der Waals surface area contributed by atoms with Gasteiger partial charge in [0.25, 0.3) is 0 Å². The van der Waals surface area contributed by atoms with E-state index in [0.717, 1.165) is 18.7 Å². The summed E-state index contributed by atoms with van der Waals surface area (Å²) >= 11 is 0. The second-order valence-corrected chi connectivity index (χ2v) is 5.76. The number of hydrogen-bond acceptors (Lipinski definition) is 5. The number of quaternary nitrogens is 1. The Hall–Kier alpha value is -1.34. The lowest BCUT2D eigenvalue weighted by Gasteiger charge is -2.15. The van der Waals surface area contributed by atoms with Crippen molar-refractivity contribution in [2.45, 2.75) is 13.0 Å².